The van der Waals surface area contributed by atoms with Gasteiger partial charge in [-0.25, -0.2) is 4.98 Å². The van der Waals surface area contributed by atoms with Crippen LogP contribution in [0.25, 0.3) is 0 Å². The molecule has 2 rings (SSSR count). The molecule has 1 aliphatic rings. The van der Waals surface area contributed by atoms with Crippen LogP contribution in [0, 0.1) is 11.8 Å². The second-order valence-electron chi connectivity index (χ2n) is 5.78. The number of rotatable bonds is 5. The highest BCUT2D eigenvalue weighted by Crippen LogP contribution is 2.24. The molecule has 20 heavy (non-hydrogen) atoms. The number of hydrogen-bond donors (Lipinski definition) is 1. The minimum Gasteiger partial charge on any atom is -0.381 e. The van der Waals surface area contributed by atoms with E-state index in [2.05, 4.69) is 29.5 Å². The minimum atomic E-state index is 0.0587. The largest absolute Gasteiger partial charge is 0.381 e. The Bertz CT molecular complexity index is 439. The molecule has 4 nitrogen and oxygen atoms in total. The summed E-state index contributed by atoms with van der Waals surface area (Å²) in [5.74, 6) is 1.09. The smallest absolute Gasteiger partial charge is 0.223 e. The van der Waals surface area contributed by atoms with E-state index in [1.165, 1.54) is 0 Å². The van der Waals surface area contributed by atoms with Crippen molar-refractivity contribution >= 4 is 17.2 Å². The minimum absolute atomic E-state index is 0.0587. The van der Waals surface area contributed by atoms with Gasteiger partial charge in [0.15, 0.2) is 0 Å². The van der Waals surface area contributed by atoms with Crippen molar-refractivity contribution in [2.75, 3.05) is 13.2 Å². The van der Waals surface area contributed by atoms with Crippen LogP contribution >= 0.6 is 11.3 Å². The van der Waals surface area contributed by atoms with Crippen molar-refractivity contribution in [2.24, 2.45) is 11.8 Å². The van der Waals surface area contributed by atoms with Gasteiger partial charge in [-0.3, -0.25) is 4.79 Å². The maximum absolute atomic E-state index is 12.2. The van der Waals surface area contributed by atoms with Gasteiger partial charge in [-0.15, -0.1) is 11.3 Å². The number of nitrogens with one attached hydrogen (secondary N) is 1. The van der Waals surface area contributed by atoms with E-state index in [1.807, 2.05) is 6.92 Å². The number of nitrogens with zero attached hydrogens (tertiary/aromatic N) is 1. The van der Waals surface area contributed by atoms with Gasteiger partial charge in [0.25, 0.3) is 0 Å². The van der Waals surface area contributed by atoms with Gasteiger partial charge in [0, 0.05) is 24.5 Å². The summed E-state index contributed by atoms with van der Waals surface area (Å²) in [6, 6.07) is 0. The monoisotopic (exact) mass is 296 g/mol. The quantitative estimate of drug-likeness (QED) is 0.909. The third-order valence-corrected chi connectivity index (χ3v) is 4.83. The van der Waals surface area contributed by atoms with Gasteiger partial charge >= 0.3 is 0 Å². The first-order valence-electron chi connectivity index (χ1n) is 7.37. The molecule has 1 amide bonds. The Morgan fingerprint density at radius 3 is 2.75 bits per heavy atom. The standard InChI is InChI=1S/C15H24N2O2S/c1-10(2)13-9-20-14(17-13)8-16-15(18)11(3)12-4-6-19-7-5-12/h9-12H,4-8H2,1-3H3,(H,16,18). The lowest BCUT2D eigenvalue weighted by molar-refractivity contribution is -0.127. The summed E-state index contributed by atoms with van der Waals surface area (Å²) < 4.78 is 5.34. The van der Waals surface area contributed by atoms with Gasteiger partial charge in [-0.05, 0) is 24.7 Å². The average molecular weight is 296 g/mol. The van der Waals surface area contributed by atoms with Gasteiger partial charge in [0.2, 0.25) is 5.91 Å². The Morgan fingerprint density at radius 2 is 2.15 bits per heavy atom. The molecule has 1 aliphatic heterocycles. The molecular weight excluding hydrogens is 272 g/mol. The molecule has 5 heteroatoms. The van der Waals surface area contributed by atoms with Gasteiger partial charge in [-0.1, -0.05) is 20.8 Å². The normalized spacial score (nSPS) is 18.2. The second-order valence-corrected chi connectivity index (χ2v) is 6.72. The lowest BCUT2D eigenvalue weighted by Gasteiger charge is -2.26. The highest BCUT2D eigenvalue weighted by atomic mass is 32.1. The second kappa shape index (κ2) is 7.18. The Morgan fingerprint density at radius 1 is 1.45 bits per heavy atom. The van der Waals surface area contributed by atoms with E-state index in [4.69, 9.17) is 4.74 Å². The van der Waals surface area contributed by atoms with Crippen LogP contribution in [0.2, 0.25) is 0 Å². The number of carbonyl (C=O) groups excluding carboxylic acids is 1. The fourth-order valence-electron chi connectivity index (χ4n) is 2.43. The highest BCUT2D eigenvalue weighted by Gasteiger charge is 2.25. The first kappa shape index (κ1) is 15.4. The van der Waals surface area contributed by atoms with Crippen molar-refractivity contribution in [3.8, 4) is 0 Å². The van der Waals surface area contributed by atoms with E-state index in [-0.39, 0.29) is 11.8 Å². The molecule has 1 N–H and O–H groups in total. The van der Waals surface area contributed by atoms with E-state index in [1.54, 1.807) is 11.3 Å². The van der Waals surface area contributed by atoms with Gasteiger partial charge in [0.1, 0.15) is 5.01 Å². The summed E-state index contributed by atoms with van der Waals surface area (Å²) in [5, 5.41) is 6.08. The number of ether oxygens (including phenoxy) is 1. The van der Waals surface area contributed by atoms with Crippen LogP contribution in [0.1, 0.15) is 50.2 Å². The van der Waals surface area contributed by atoms with Crippen LogP contribution in [0.15, 0.2) is 5.38 Å². The van der Waals surface area contributed by atoms with E-state index >= 15 is 0 Å². The molecule has 1 saturated heterocycles. The van der Waals surface area contributed by atoms with Crippen LogP contribution in [0.3, 0.4) is 0 Å². The third kappa shape index (κ3) is 4.03. The molecule has 1 fully saturated rings. The van der Waals surface area contributed by atoms with Crippen molar-refractivity contribution in [3.63, 3.8) is 0 Å². The SMILES string of the molecule is CC(C)c1csc(CNC(=O)C(C)C2CCOCC2)n1. The summed E-state index contributed by atoms with van der Waals surface area (Å²) in [7, 11) is 0. The lowest BCUT2D eigenvalue weighted by atomic mass is 9.87. The summed E-state index contributed by atoms with van der Waals surface area (Å²) in [5.41, 5.74) is 1.11. The van der Waals surface area contributed by atoms with Crippen LogP contribution in [-0.2, 0) is 16.1 Å². The summed E-state index contributed by atoms with van der Waals surface area (Å²) in [4.78, 5) is 16.7. The molecule has 1 unspecified atom stereocenters. The van der Waals surface area contributed by atoms with Crippen LogP contribution in [0.4, 0.5) is 0 Å². The maximum Gasteiger partial charge on any atom is 0.223 e. The van der Waals surface area contributed by atoms with Crippen molar-refractivity contribution < 1.29 is 9.53 Å². The number of amides is 1. The number of aromatic nitrogens is 1. The van der Waals surface area contributed by atoms with E-state index in [0.29, 0.717) is 18.4 Å². The van der Waals surface area contributed by atoms with Crippen LogP contribution < -0.4 is 5.32 Å². The molecule has 0 saturated carbocycles. The number of thiazole rings is 1. The van der Waals surface area contributed by atoms with Crippen LogP contribution in [0.5, 0.6) is 0 Å². The zero-order valence-electron chi connectivity index (χ0n) is 12.5. The molecule has 0 bridgehead atoms. The predicted octanol–water partition coefficient (Wildman–Crippen LogP) is 2.95. The molecule has 0 radical (unpaired) electrons. The summed E-state index contributed by atoms with van der Waals surface area (Å²) in [6.45, 7) is 8.39. The summed E-state index contributed by atoms with van der Waals surface area (Å²) in [6.07, 6.45) is 1.98. The first-order valence-corrected chi connectivity index (χ1v) is 8.25. The Labute approximate surface area is 124 Å². The molecule has 1 atom stereocenters. The molecule has 112 valence electrons. The lowest BCUT2D eigenvalue weighted by Crippen LogP contribution is -2.35. The molecule has 0 aliphatic carbocycles. The maximum atomic E-state index is 12.2. The zero-order chi connectivity index (χ0) is 14.5. The van der Waals surface area contributed by atoms with Gasteiger partial charge in [-0.2, -0.15) is 0 Å². The van der Waals surface area contributed by atoms with Crippen molar-refractivity contribution in [1.29, 1.82) is 0 Å². The highest BCUT2D eigenvalue weighted by molar-refractivity contribution is 7.09. The predicted molar refractivity (Wildman–Crippen MR) is 80.8 cm³/mol. The Kier molecular flexibility index (Phi) is 5.54. The van der Waals surface area contributed by atoms with Gasteiger partial charge < -0.3 is 10.1 Å². The van der Waals surface area contributed by atoms with E-state index in [9.17, 15) is 4.79 Å². The number of carbonyl (C=O) groups is 1. The average Bonchev–Trinajstić information content (AvgIpc) is 2.94. The fraction of sp³-hybridized carbons (Fsp3) is 0.733. The van der Waals surface area contributed by atoms with Gasteiger partial charge in [0.05, 0.1) is 12.2 Å². The van der Waals surface area contributed by atoms with Crippen molar-refractivity contribution in [1.82, 2.24) is 10.3 Å². The molecule has 0 spiro atoms. The van der Waals surface area contributed by atoms with E-state index in [0.717, 1.165) is 36.8 Å². The van der Waals surface area contributed by atoms with Crippen molar-refractivity contribution in [2.45, 2.75) is 46.1 Å². The van der Waals surface area contributed by atoms with Crippen molar-refractivity contribution in [3.05, 3.63) is 16.1 Å². The molecule has 2 heterocycles. The molecule has 1 aromatic heterocycles. The summed E-state index contributed by atoms with van der Waals surface area (Å²) >= 11 is 1.62. The molecule has 1 aromatic rings. The fourth-order valence-corrected chi connectivity index (χ4v) is 3.32. The molecule has 0 aromatic carbocycles. The molecular formula is C15H24N2O2S. The Balaban J connectivity index is 1.81. The first-order chi connectivity index (χ1) is 9.58. The topological polar surface area (TPSA) is 51.2 Å². The van der Waals surface area contributed by atoms with E-state index < -0.39 is 0 Å². The Hall–Kier alpha value is -0.940. The third-order valence-electron chi connectivity index (χ3n) is 3.96. The number of hydrogen-bond acceptors (Lipinski definition) is 4. The zero-order valence-corrected chi connectivity index (χ0v) is 13.3. The van der Waals surface area contributed by atoms with Crippen LogP contribution in [-0.4, -0.2) is 24.1 Å².